The standard InChI is InChI=1S/C17H23N7O/c1-11-18-15(25-22-11)12-7-9-23(10-8-12)14-6-5-13-19-20-16(17(2,3)4)24(13)21-14/h5-6,12H,7-10H2,1-4H3. The first-order chi connectivity index (χ1) is 11.9. The number of anilines is 1. The second-order valence-electron chi connectivity index (χ2n) is 7.68. The summed E-state index contributed by atoms with van der Waals surface area (Å²) in [5, 5.41) is 17.2. The number of fused-ring (bicyclic) bond motifs is 1. The molecule has 0 atom stereocenters. The maximum atomic E-state index is 5.33. The fourth-order valence-corrected chi connectivity index (χ4v) is 3.25. The minimum atomic E-state index is -0.103. The van der Waals surface area contributed by atoms with Gasteiger partial charge in [-0.05, 0) is 31.9 Å². The largest absolute Gasteiger partial charge is 0.355 e. The number of hydrogen-bond donors (Lipinski definition) is 0. The van der Waals surface area contributed by atoms with E-state index in [1.165, 1.54) is 0 Å². The molecule has 8 heteroatoms. The summed E-state index contributed by atoms with van der Waals surface area (Å²) < 4.78 is 7.19. The van der Waals surface area contributed by atoms with Crippen molar-refractivity contribution >= 4 is 11.5 Å². The Morgan fingerprint density at radius 1 is 1.12 bits per heavy atom. The van der Waals surface area contributed by atoms with E-state index in [1.54, 1.807) is 0 Å². The van der Waals surface area contributed by atoms with Crippen molar-refractivity contribution in [2.75, 3.05) is 18.0 Å². The normalized spacial score (nSPS) is 16.7. The van der Waals surface area contributed by atoms with E-state index < -0.39 is 0 Å². The predicted octanol–water partition coefficient (Wildman–Crippen LogP) is 2.50. The van der Waals surface area contributed by atoms with E-state index in [4.69, 9.17) is 9.62 Å². The Bertz CT molecular complexity index is 884. The first kappa shape index (κ1) is 16.0. The van der Waals surface area contributed by atoms with Gasteiger partial charge in [-0.25, -0.2) is 0 Å². The van der Waals surface area contributed by atoms with Gasteiger partial charge in [0, 0.05) is 24.4 Å². The van der Waals surface area contributed by atoms with Crippen molar-refractivity contribution < 1.29 is 4.52 Å². The lowest BCUT2D eigenvalue weighted by Gasteiger charge is -2.31. The smallest absolute Gasteiger partial charge is 0.229 e. The number of piperidine rings is 1. The molecule has 8 nitrogen and oxygen atoms in total. The summed E-state index contributed by atoms with van der Waals surface area (Å²) in [4.78, 5) is 6.67. The molecule has 1 saturated heterocycles. The number of aryl methyl sites for hydroxylation is 1. The van der Waals surface area contributed by atoms with Crippen LogP contribution in [0.2, 0.25) is 0 Å². The molecule has 0 radical (unpaired) electrons. The number of rotatable bonds is 2. The van der Waals surface area contributed by atoms with Gasteiger partial charge in [0.1, 0.15) is 5.82 Å². The molecule has 132 valence electrons. The average molecular weight is 341 g/mol. The summed E-state index contributed by atoms with van der Waals surface area (Å²) in [5.74, 6) is 3.63. The van der Waals surface area contributed by atoms with Crippen LogP contribution < -0.4 is 4.90 Å². The third-order valence-electron chi connectivity index (χ3n) is 4.63. The monoisotopic (exact) mass is 341 g/mol. The highest BCUT2D eigenvalue weighted by molar-refractivity contribution is 5.46. The third kappa shape index (κ3) is 2.96. The Labute approximate surface area is 146 Å². The minimum Gasteiger partial charge on any atom is -0.355 e. The number of aromatic nitrogens is 6. The molecular weight excluding hydrogens is 318 g/mol. The summed E-state index contributed by atoms with van der Waals surface area (Å²) in [7, 11) is 0. The molecule has 4 rings (SSSR count). The van der Waals surface area contributed by atoms with Gasteiger partial charge in [-0.3, -0.25) is 0 Å². The Morgan fingerprint density at radius 2 is 1.88 bits per heavy atom. The summed E-state index contributed by atoms with van der Waals surface area (Å²) in [5.41, 5.74) is 0.679. The van der Waals surface area contributed by atoms with Crippen LogP contribution in [0.15, 0.2) is 16.7 Å². The van der Waals surface area contributed by atoms with Crippen molar-refractivity contribution in [1.82, 2.24) is 30.0 Å². The lowest BCUT2D eigenvalue weighted by atomic mass is 9.96. The van der Waals surface area contributed by atoms with Gasteiger partial charge in [0.2, 0.25) is 5.89 Å². The molecule has 0 bridgehead atoms. The molecule has 3 aromatic rings. The average Bonchev–Trinajstić information content (AvgIpc) is 3.20. The van der Waals surface area contributed by atoms with Crippen molar-refractivity contribution in [3.8, 4) is 0 Å². The molecule has 0 saturated carbocycles. The van der Waals surface area contributed by atoms with E-state index >= 15 is 0 Å². The third-order valence-corrected chi connectivity index (χ3v) is 4.63. The van der Waals surface area contributed by atoms with Gasteiger partial charge < -0.3 is 9.42 Å². The van der Waals surface area contributed by atoms with E-state index in [1.807, 2.05) is 23.6 Å². The Hall–Kier alpha value is -2.51. The fourth-order valence-electron chi connectivity index (χ4n) is 3.25. The van der Waals surface area contributed by atoms with Crippen molar-refractivity contribution in [3.05, 3.63) is 29.7 Å². The van der Waals surface area contributed by atoms with Crippen LogP contribution in [-0.4, -0.2) is 43.0 Å². The van der Waals surface area contributed by atoms with Crippen LogP contribution in [0.1, 0.15) is 57.1 Å². The molecule has 3 aromatic heterocycles. The molecule has 1 fully saturated rings. The van der Waals surface area contributed by atoms with Crippen molar-refractivity contribution in [2.24, 2.45) is 0 Å². The second-order valence-corrected chi connectivity index (χ2v) is 7.68. The van der Waals surface area contributed by atoms with E-state index in [9.17, 15) is 0 Å². The molecule has 0 unspecified atom stereocenters. The Balaban J connectivity index is 1.55. The summed E-state index contributed by atoms with van der Waals surface area (Å²) in [6.45, 7) is 10.0. The highest BCUT2D eigenvalue weighted by atomic mass is 16.5. The van der Waals surface area contributed by atoms with Gasteiger partial charge in [-0.1, -0.05) is 25.9 Å². The lowest BCUT2D eigenvalue weighted by molar-refractivity contribution is 0.327. The van der Waals surface area contributed by atoms with Gasteiger partial charge >= 0.3 is 0 Å². The van der Waals surface area contributed by atoms with Gasteiger partial charge in [0.15, 0.2) is 17.3 Å². The first-order valence-electron chi connectivity index (χ1n) is 8.70. The van der Waals surface area contributed by atoms with Crippen LogP contribution >= 0.6 is 0 Å². The second kappa shape index (κ2) is 5.79. The zero-order valence-electron chi connectivity index (χ0n) is 15.1. The van der Waals surface area contributed by atoms with Gasteiger partial charge in [-0.15, -0.1) is 15.3 Å². The molecule has 0 spiro atoms. The molecule has 0 aromatic carbocycles. The van der Waals surface area contributed by atoms with Crippen LogP contribution in [0.25, 0.3) is 5.65 Å². The summed E-state index contributed by atoms with van der Waals surface area (Å²) in [6.07, 6.45) is 1.96. The number of nitrogens with zero attached hydrogens (tertiary/aromatic N) is 7. The summed E-state index contributed by atoms with van der Waals surface area (Å²) >= 11 is 0. The van der Waals surface area contributed by atoms with Crippen LogP contribution in [0.5, 0.6) is 0 Å². The zero-order valence-corrected chi connectivity index (χ0v) is 15.1. The van der Waals surface area contributed by atoms with E-state index in [0.717, 1.165) is 49.1 Å². The van der Waals surface area contributed by atoms with Crippen molar-refractivity contribution in [1.29, 1.82) is 0 Å². The molecule has 1 aliphatic heterocycles. The van der Waals surface area contributed by atoms with E-state index in [-0.39, 0.29) is 5.41 Å². The van der Waals surface area contributed by atoms with Crippen molar-refractivity contribution in [3.63, 3.8) is 0 Å². The van der Waals surface area contributed by atoms with Crippen molar-refractivity contribution in [2.45, 2.75) is 51.9 Å². The molecule has 0 N–H and O–H groups in total. The SMILES string of the molecule is Cc1noc(C2CCN(c3ccc4nnc(C(C)(C)C)n4n3)CC2)n1. The van der Waals surface area contributed by atoms with Crippen LogP contribution in [0, 0.1) is 6.92 Å². The molecular formula is C17H23N7O. The maximum Gasteiger partial charge on any atom is 0.229 e. The van der Waals surface area contributed by atoms with Gasteiger partial charge in [0.05, 0.1) is 0 Å². The first-order valence-corrected chi connectivity index (χ1v) is 8.70. The van der Waals surface area contributed by atoms with Crippen LogP contribution in [0.3, 0.4) is 0 Å². The highest BCUT2D eigenvalue weighted by Crippen LogP contribution is 2.29. The lowest BCUT2D eigenvalue weighted by Crippen LogP contribution is -2.34. The maximum absolute atomic E-state index is 5.33. The van der Waals surface area contributed by atoms with Crippen LogP contribution in [0.4, 0.5) is 5.82 Å². The summed E-state index contributed by atoms with van der Waals surface area (Å²) in [6, 6.07) is 4.01. The molecule has 0 aliphatic carbocycles. The fraction of sp³-hybridized carbons (Fsp3) is 0.588. The highest BCUT2D eigenvalue weighted by Gasteiger charge is 2.27. The van der Waals surface area contributed by atoms with Gasteiger partial charge in [0.25, 0.3) is 0 Å². The quantitative estimate of drug-likeness (QED) is 0.708. The molecule has 1 aliphatic rings. The topological polar surface area (TPSA) is 85.2 Å². The Kier molecular flexibility index (Phi) is 3.70. The number of hydrogen-bond acceptors (Lipinski definition) is 7. The Morgan fingerprint density at radius 3 is 2.52 bits per heavy atom. The zero-order chi connectivity index (χ0) is 17.6. The predicted molar refractivity (Wildman–Crippen MR) is 92.7 cm³/mol. The molecule has 4 heterocycles. The molecule has 25 heavy (non-hydrogen) atoms. The van der Waals surface area contributed by atoms with E-state index in [2.05, 4.69) is 46.0 Å². The minimum absolute atomic E-state index is 0.103. The van der Waals surface area contributed by atoms with Crippen LogP contribution in [-0.2, 0) is 5.41 Å². The van der Waals surface area contributed by atoms with E-state index in [0.29, 0.717) is 11.7 Å². The van der Waals surface area contributed by atoms with Gasteiger partial charge in [-0.2, -0.15) is 9.50 Å². The molecule has 0 amide bonds.